The summed E-state index contributed by atoms with van der Waals surface area (Å²) in [6.07, 6.45) is 3.60. The van der Waals surface area contributed by atoms with Crippen LogP contribution in [-0.4, -0.2) is 69.8 Å². The van der Waals surface area contributed by atoms with Crippen molar-refractivity contribution in [2.75, 3.05) is 44.3 Å². The summed E-state index contributed by atoms with van der Waals surface area (Å²) in [5.41, 5.74) is 0.747. The van der Waals surface area contributed by atoms with Crippen molar-refractivity contribution in [1.82, 2.24) is 24.5 Å². The van der Waals surface area contributed by atoms with Crippen LogP contribution in [0.5, 0.6) is 0 Å². The molecule has 116 valence electrons. The van der Waals surface area contributed by atoms with Gasteiger partial charge in [-0.1, -0.05) is 0 Å². The normalized spacial score (nSPS) is 19.5. The van der Waals surface area contributed by atoms with E-state index >= 15 is 0 Å². The number of ether oxygens (including phenoxy) is 1. The summed E-state index contributed by atoms with van der Waals surface area (Å²) in [6, 6.07) is 0. The third-order valence-electron chi connectivity index (χ3n) is 4.33. The maximum Gasteiger partial charge on any atom is 0.229 e. The van der Waals surface area contributed by atoms with Gasteiger partial charge in [-0.05, 0) is 6.92 Å². The Bertz CT molecular complexity index is 702. The van der Waals surface area contributed by atoms with Gasteiger partial charge in [0.05, 0.1) is 19.1 Å². The van der Waals surface area contributed by atoms with Crippen LogP contribution in [0.2, 0.25) is 0 Å². The second kappa shape index (κ2) is 5.20. The molecule has 4 rings (SSSR count). The smallest absolute Gasteiger partial charge is 0.229 e. The molecule has 0 saturated carbocycles. The van der Waals surface area contributed by atoms with Gasteiger partial charge in [0.2, 0.25) is 11.6 Å². The van der Waals surface area contributed by atoms with Gasteiger partial charge in [0.15, 0.2) is 5.82 Å². The van der Waals surface area contributed by atoms with Gasteiger partial charge < -0.3 is 14.5 Å². The van der Waals surface area contributed by atoms with Gasteiger partial charge in [0.25, 0.3) is 0 Å². The predicted octanol–water partition coefficient (Wildman–Crippen LogP) is -0.272. The molecule has 0 N–H and O–H groups in total. The zero-order valence-corrected chi connectivity index (χ0v) is 12.5. The highest BCUT2D eigenvalue weighted by Gasteiger charge is 2.37. The van der Waals surface area contributed by atoms with Gasteiger partial charge in [0, 0.05) is 38.6 Å². The minimum atomic E-state index is 0.0455. The first kappa shape index (κ1) is 13.4. The van der Waals surface area contributed by atoms with E-state index in [0.717, 1.165) is 17.3 Å². The van der Waals surface area contributed by atoms with Gasteiger partial charge in [0.1, 0.15) is 5.82 Å². The van der Waals surface area contributed by atoms with Crippen molar-refractivity contribution in [3.05, 3.63) is 18.2 Å². The fourth-order valence-electron chi connectivity index (χ4n) is 3.00. The van der Waals surface area contributed by atoms with Crippen LogP contribution in [0.1, 0.15) is 5.82 Å². The highest BCUT2D eigenvalue weighted by atomic mass is 16.5. The molecule has 1 amide bonds. The molecular weight excluding hydrogens is 284 g/mol. The largest absolute Gasteiger partial charge is 0.378 e. The average molecular weight is 302 g/mol. The van der Waals surface area contributed by atoms with E-state index in [-0.39, 0.29) is 11.8 Å². The highest BCUT2D eigenvalue weighted by molar-refractivity contribution is 5.83. The van der Waals surface area contributed by atoms with Gasteiger partial charge in [-0.15, -0.1) is 10.2 Å². The van der Waals surface area contributed by atoms with Gasteiger partial charge in [-0.3, -0.25) is 9.20 Å². The van der Waals surface area contributed by atoms with Crippen molar-refractivity contribution in [1.29, 1.82) is 0 Å². The standard InChI is InChI=1S/C14H18N6O2/c1-10-16-17-13-12(15-2-3-20(10)13)19-8-11(9-19)14(21)18-4-6-22-7-5-18/h2-3,11H,4-9H2,1H3. The van der Waals surface area contributed by atoms with E-state index < -0.39 is 0 Å². The number of hydrogen-bond acceptors (Lipinski definition) is 6. The number of morpholine rings is 1. The first-order valence-corrected chi connectivity index (χ1v) is 7.52. The number of fused-ring (bicyclic) bond motifs is 1. The molecule has 0 atom stereocenters. The summed E-state index contributed by atoms with van der Waals surface area (Å²) < 4.78 is 7.21. The first-order valence-electron chi connectivity index (χ1n) is 7.52. The highest BCUT2D eigenvalue weighted by Crippen LogP contribution is 2.27. The number of aryl methyl sites for hydroxylation is 1. The summed E-state index contributed by atoms with van der Waals surface area (Å²) in [4.78, 5) is 20.8. The third kappa shape index (κ3) is 2.10. The van der Waals surface area contributed by atoms with Gasteiger partial charge >= 0.3 is 0 Å². The Hall–Kier alpha value is -2.22. The van der Waals surface area contributed by atoms with Gasteiger partial charge in [-0.25, -0.2) is 4.98 Å². The van der Waals surface area contributed by atoms with Crippen molar-refractivity contribution in [2.24, 2.45) is 5.92 Å². The SMILES string of the molecule is Cc1nnc2c(N3CC(C(=O)N4CCOCC4)C3)nccn12. The molecule has 2 aliphatic heterocycles. The fourth-order valence-corrected chi connectivity index (χ4v) is 3.00. The zero-order chi connectivity index (χ0) is 15.1. The Morgan fingerprint density at radius 2 is 2.05 bits per heavy atom. The van der Waals surface area contributed by atoms with E-state index in [1.54, 1.807) is 6.20 Å². The summed E-state index contributed by atoms with van der Waals surface area (Å²) in [5, 5.41) is 8.26. The number of carbonyl (C=O) groups excluding carboxylic acids is 1. The van der Waals surface area contributed by atoms with Crippen LogP contribution in [0.4, 0.5) is 5.82 Å². The number of rotatable bonds is 2. The molecule has 8 heteroatoms. The molecule has 2 aromatic rings. The number of amides is 1. The average Bonchev–Trinajstić information content (AvgIpc) is 2.89. The van der Waals surface area contributed by atoms with Crippen molar-refractivity contribution < 1.29 is 9.53 Å². The monoisotopic (exact) mass is 302 g/mol. The summed E-state index contributed by atoms with van der Waals surface area (Å²) >= 11 is 0. The molecule has 2 aliphatic rings. The second-order valence-electron chi connectivity index (χ2n) is 5.73. The van der Waals surface area contributed by atoms with E-state index in [1.165, 1.54) is 0 Å². The van der Waals surface area contributed by atoms with Crippen LogP contribution in [0.3, 0.4) is 0 Å². The van der Waals surface area contributed by atoms with Gasteiger partial charge in [-0.2, -0.15) is 0 Å². The Labute approximate surface area is 127 Å². The molecule has 2 fully saturated rings. The minimum Gasteiger partial charge on any atom is -0.378 e. The lowest BCUT2D eigenvalue weighted by atomic mass is 9.98. The molecule has 0 aromatic carbocycles. The van der Waals surface area contributed by atoms with Crippen LogP contribution >= 0.6 is 0 Å². The molecular formula is C14H18N6O2. The zero-order valence-electron chi connectivity index (χ0n) is 12.5. The summed E-state index contributed by atoms with van der Waals surface area (Å²) in [6.45, 7) is 5.97. The summed E-state index contributed by atoms with van der Waals surface area (Å²) in [5.74, 6) is 1.91. The number of anilines is 1. The maximum atomic E-state index is 12.4. The van der Waals surface area contributed by atoms with Crippen molar-refractivity contribution >= 4 is 17.4 Å². The Balaban J connectivity index is 1.47. The van der Waals surface area contributed by atoms with E-state index in [4.69, 9.17) is 4.74 Å². The number of carbonyl (C=O) groups is 1. The lowest BCUT2D eigenvalue weighted by Crippen LogP contribution is -2.56. The van der Waals surface area contributed by atoms with Crippen molar-refractivity contribution in [2.45, 2.75) is 6.92 Å². The predicted molar refractivity (Wildman–Crippen MR) is 78.6 cm³/mol. The van der Waals surface area contributed by atoms with Crippen LogP contribution in [-0.2, 0) is 9.53 Å². The van der Waals surface area contributed by atoms with Crippen LogP contribution in [0.25, 0.3) is 5.65 Å². The Morgan fingerprint density at radius 1 is 1.27 bits per heavy atom. The molecule has 4 heterocycles. The van der Waals surface area contributed by atoms with Crippen LogP contribution in [0.15, 0.2) is 12.4 Å². The number of hydrogen-bond donors (Lipinski definition) is 0. The molecule has 8 nitrogen and oxygen atoms in total. The molecule has 2 aromatic heterocycles. The Morgan fingerprint density at radius 3 is 2.82 bits per heavy atom. The molecule has 22 heavy (non-hydrogen) atoms. The number of aromatic nitrogens is 4. The quantitative estimate of drug-likeness (QED) is 0.760. The molecule has 0 radical (unpaired) electrons. The lowest BCUT2D eigenvalue weighted by molar-refractivity contribution is -0.140. The number of nitrogens with zero attached hydrogens (tertiary/aromatic N) is 6. The molecule has 2 saturated heterocycles. The third-order valence-corrected chi connectivity index (χ3v) is 4.33. The van der Waals surface area contributed by atoms with E-state index in [9.17, 15) is 4.79 Å². The molecule has 0 aliphatic carbocycles. The topological polar surface area (TPSA) is 75.9 Å². The Kier molecular flexibility index (Phi) is 3.18. The molecule has 0 bridgehead atoms. The minimum absolute atomic E-state index is 0.0455. The lowest BCUT2D eigenvalue weighted by Gasteiger charge is -2.41. The van der Waals surface area contributed by atoms with Crippen LogP contribution < -0.4 is 4.90 Å². The maximum absolute atomic E-state index is 12.4. The van der Waals surface area contributed by atoms with Crippen LogP contribution in [0, 0.1) is 12.8 Å². The van der Waals surface area contributed by atoms with Crippen molar-refractivity contribution in [3.63, 3.8) is 0 Å². The first-order chi connectivity index (χ1) is 10.7. The van der Waals surface area contributed by atoms with E-state index in [0.29, 0.717) is 39.4 Å². The molecule has 0 spiro atoms. The van der Waals surface area contributed by atoms with Crippen molar-refractivity contribution in [3.8, 4) is 0 Å². The molecule has 0 unspecified atom stereocenters. The van der Waals surface area contributed by atoms with E-state index in [1.807, 2.05) is 22.4 Å². The summed E-state index contributed by atoms with van der Waals surface area (Å²) in [7, 11) is 0. The fraction of sp³-hybridized carbons (Fsp3) is 0.571. The van der Waals surface area contributed by atoms with E-state index in [2.05, 4.69) is 20.1 Å². The second-order valence-corrected chi connectivity index (χ2v) is 5.73.